The first-order chi connectivity index (χ1) is 12.2. The van der Waals surface area contributed by atoms with Crippen LogP contribution in [-0.2, 0) is 4.79 Å². The minimum atomic E-state index is 0.262. The number of carbonyl (C=O) groups excluding carboxylic acids is 1. The molecule has 0 N–H and O–H groups in total. The summed E-state index contributed by atoms with van der Waals surface area (Å²) in [5.74, 6) is 0.704. The third kappa shape index (κ3) is 3.73. The van der Waals surface area contributed by atoms with Gasteiger partial charge in [-0.1, -0.05) is 42.3 Å². The van der Waals surface area contributed by atoms with Crippen molar-refractivity contribution in [3.63, 3.8) is 0 Å². The van der Waals surface area contributed by atoms with E-state index in [9.17, 15) is 4.79 Å². The van der Waals surface area contributed by atoms with Crippen molar-refractivity contribution in [1.29, 1.82) is 0 Å². The van der Waals surface area contributed by atoms with Gasteiger partial charge >= 0.3 is 0 Å². The molecule has 25 heavy (non-hydrogen) atoms. The SMILES string of the molecule is Cc1ccc(-n2cnnc2SCC(=O)N(C2CCCC2)C2CC2)cc1. The smallest absolute Gasteiger partial charge is 0.233 e. The van der Waals surface area contributed by atoms with E-state index in [0.717, 1.165) is 10.8 Å². The highest BCUT2D eigenvalue weighted by molar-refractivity contribution is 7.99. The normalized spacial score (nSPS) is 17.8. The largest absolute Gasteiger partial charge is 0.336 e. The van der Waals surface area contributed by atoms with Crippen LogP contribution < -0.4 is 0 Å². The molecule has 0 atom stereocenters. The molecule has 0 spiro atoms. The van der Waals surface area contributed by atoms with Gasteiger partial charge in [-0.15, -0.1) is 10.2 Å². The lowest BCUT2D eigenvalue weighted by atomic mass is 10.2. The zero-order valence-corrected chi connectivity index (χ0v) is 15.4. The molecule has 5 nitrogen and oxygen atoms in total. The van der Waals surface area contributed by atoms with E-state index in [1.165, 1.54) is 55.9 Å². The van der Waals surface area contributed by atoms with Gasteiger partial charge in [-0.3, -0.25) is 9.36 Å². The maximum atomic E-state index is 12.8. The highest BCUT2D eigenvalue weighted by Crippen LogP contribution is 2.35. The molecular weight excluding hydrogens is 332 g/mol. The quantitative estimate of drug-likeness (QED) is 0.742. The number of carbonyl (C=O) groups is 1. The van der Waals surface area contributed by atoms with E-state index in [-0.39, 0.29) is 5.91 Å². The summed E-state index contributed by atoms with van der Waals surface area (Å²) in [5, 5.41) is 9.02. The van der Waals surface area contributed by atoms with Crippen molar-refractivity contribution in [2.45, 2.75) is 62.7 Å². The molecule has 0 unspecified atom stereocenters. The molecule has 1 aromatic heterocycles. The summed E-state index contributed by atoms with van der Waals surface area (Å²) in [4.78, 5) is 15.0. The van der Waals surface area contributed by atoms with Gasteiger partial charge in [0.05, 0.1) is 5.75 Å². The van der Waals surface area contributed by atoms with Crippen LogP contribution in [-0.4, -0.2) is 43.4 Å². The number of amides is 1. The molecule has 0 radical (unpaired) electrons. The van der Waals surface area contributed by atoms with Gasteiger partial charge in [0.25, 0.3) is 0 Å². The van der Waals surface area contributed by atoms with Gasteiger partial charge < -0.3 is 4.90 Å². The molecular formula is C19H24N4OS. The second-order valence-electron chi connectivity index (χ2n) is 7.08. The third-order valence-electron chi connectivity index (χ3n) is 5.10. The van der Waals surface area contributed by atoms with E-state index in [1.807, 2.05) is 4.57 Å². The topological polar surface area (TPSA) is 51.0 Å². The standard InChI is InChI=1S/C19H24N4OS/c1-14-6-8-15(9-7-14)22-13-20-21-19(22)25-12-18(24)23(17-10-11-17)16-4-2-3-5-16/h6-9,13,16-17H,2-5,10-12H2,1H3. The Balaban J connectivity index is 1.43. The number of benzene rings is 1. The Hall–Kier alpha value is -1.82. The number of nitrogens with zero attached hydrogens (tertiary/aromatic N) is 4. The Kier molecular flexibility index (Phi) is 4.79. The first-order valence-electron chi connectivity index (χ1n) is 9.13. The maximum Gasteiger partial charge on any atom is 0.233 e. The van der Waals surface area contributed by atoms with Crippen molar-refractivity contribution in [2.24, 2.45) is 0 Å². The first kappa shape index (κ1) is 16.6. The molecule has 1 amide bonds. The number of thioether (sulfide) groups is 1. The molecule has 2 aromatic rings. The fraction of sp³-hybridized carbons (Fsp3) is 0.526. The molecule has 0 aliphatic heterocycles. The van der Waals surface area contributed by atoms with E-state index >= 15 is 0 Å². The zero-order chi connectivity index (χ0) is 17.2. The van der Waals surface area contributed by atoms with Crippen LogP contribution in [0.4, 0.5) is 0 Å². The lowest BCUT2D eigenvalue weighted by Gasteiger charge is -2.29. The van der Waals surface area contributed by atoms with Gasteiger partial charge in [0.2, 0.25) is 5.91 Å². The van der Waals surface area contributed by atoms with Crippen LogP contribution in [0.2, 0.25) is 0 Å². The molecule has 2 fully saturated rings. The van der Waals surface area contributed by atoms with E-state index < -0.39 is 0 Å². The van der Waals surface area contributed by atoms with Gasteiger partial charge in [0.1, 0.15) is 6.33 Å². The van der Waals surface area contributed by atoms with Crippen molar-refractivity contribution in [3.05, 3.63) is 36.2 Å². The van der Waals surface area contributed by atoms with E-state index in [2.05, 4.69) is 46.3 Å². The molecule has 2 aliphatic carbocycles. The maximum absolute atomic E-state index is 12.8. The Morgan fingerprint density at radius 1 is 1.16 bits per heavy atom. The Bertz CT molecular complexity index is 732. The van der Waals surface area contributed by atoms with Crippen molar-refractivity contribution in [2.75, 3.05) is 5.75 Å². The summed E-state index contributed by atoms with van der Waals surface area (Å²) in [6, 6.07) is 9.22. The van der Waals surface area contributed by atoms with Crippen LogP contribution in [0.1, 0.15) is 44.1 Å². The molecule has 6 heteroatoms. The number of aryl methyl sites for hydroxylation is 1. The Morgan fingerprint density at radius 2 is 1.84 bits per heavy atom. The number of hydrogen-bond acceptors (Lipinski definition) is 4. The van der Waals surface area contributed by atoms with Crippen molar-refractivity contribution >= 4 is 17.7 Å². The molecule has 4 rings (SSSR count). The monoisotopic (exact) mass is 356 g/mol. The minimum Gasteiger partial charge on any atom is -0.336 e. The fourth-order valence-corrected chi connectivity index (χ4v) is 4.44. The first-order valence-corrected chi connectivity index (χ1v) is 10.1. The average molecular weight is 356 g/mol. The summed E-state index contributed by atoms with van der Waals surface area (Å²) < 4.78 is 1.95. The summed E-state index contributed by atoms with van der Waals surface area (Å²) in [6.07, 6.45) is 8.93. The van der Waals surface area contributed by atoms with E-state index in [0.29, 0.717) is 17.8 Å². The van der Waals surface area contributed by atoms with Crippen LogP contribution in [0.15, 0.2) is 35.7 Å². The zero-order valence-electron chi connectivity index (χ0n) is 14.6. The van der Waals surface area contributed by atoms with Crippen LogP contribution in [0.3, 0.4) is 0 Å². The minimum absolute atomic E-state index is 0.262. The molecule has 2 saturated carbocycles. The third-order valence-corrected chi connectivity index (χ3v) is 6.03. The summed E-state index contributed by atoms with van der Waals surface area (Å²) in [6.45, 7) is 2.07. The van der Waals surface area contributed by atoms with Gasteiger partial charge in [-0.2, -0.15) is 0 Å². The summed E-state index contributed by atoms with van der Waals surface area (Å²) >= 11 is 1.49. The highest BCUT2D eigenvalue weighted by Gasteiger charge is 2.38. The predicted molar refractivity (Wildman–Crippen MR) is 98.9 cm³/mol. The predicted octanol–water partition coefficient (Wildman–Crippen LogP) is 3.60. The molecule has 132 valence electrons. The second kappa shape index (κ2) is 7.20. The van der Waals surface area contributed by atoms with Crippen LogP contribution in [0.5, 0.6) is 0 Å². The summed E-state index contributed by atoms with van der Waals surface area (Å²) in [7, 11) is 0. The lowest BCUT2D eigenvalue weighted by Crippen LogP contribution is -2.41. The highest BCUT2D eigenvalue weighted by atomic mass is 32.2. The molecule has 1 aromatic carbocycles. The number of aromatic nitrogens is 3. The van der Waals surface area contributed by atoms with Crippen LogP contribution in [0, 0.1) is 6.92 Å². The molecule has 1 heterocycles. The Labute approximate surface area is 152 Å². The molecule has 0 saturated heterocycles. The van der Waals surface area contributed by atoms with E-state index in [1.54, 1.807) is 6.33 Å². The van der Waals surface area contributed by atoms with Gasteiger partial charge in [0, 0.05) is 17.8 Å². The average Bonchev–Trinajstić information content (AvgIpc) is 3.10. The van der Waals surface area contributed by atoms with Crippen LogP contribution >= 0.6 is 11.8 Å². The van der Waals surface area contributed by atoms with Gasteiger partial charge in [-0.25, -0.2) is 0 Å². The lowest BCUT2D eigenvalue weighted by molar-refractivity contribution is -0.131. The number of rotatable bonds is 6. The van der Waals surface area contributed by atoms with Crippen LogP contribution in [0.25, 0.3) is 5.69 Å². The molecule has 2 aliphatic rings. The Morgan fingerprint density at radius 3 is 2.52 bits per heavy atom. The van der Waals surface area contributed by atoms with Gasteiger partial charge in [-0.05, 0) is 44.7 Å². The van der Waals surface area contributed by atoms with Crippen molar-refractivity contribution in [1.82, 2.24) is 19.7 Å². The van der Waals surface area contributed by atoms with Crippen molar-refractivity contribution < 1.29 is 4.79 Å². The summed E-state index contributed by atoms with van der Waals surface area (Å²) in [5.41, 5.74) is 2.25. The van der Waals surface area contributed by atoms with Gasteiger partial charge in [0.15, 0.2) is 5.16 Å². The van der Waals surface area contributed by atoms with E-state index in [4.69, 9.17) is 0 Å². The fourth-order valence-electron chi connectivity index (χ4n) is 3.65. The van der Waals surface area contributed by atoms with Crippen molar-refractivity contribution in [3.8, 4) is 5.69 Å². The second-order valence-corrected chi connectivity index (χ2v) is 8.02. The molecule has 0 bridgehead atoms. The number of hydrogen-bond donors (Lipinski definition) is 0.